The fraction of sp³-hybridized carbons (Fsp3) is 0.500. The maximum absolute atomic E-state index is 13.3. The summed E-state index contributed by atoms with van der Waals surface area (Å²) in [7, 11) is 1.66. The van der Waals surface area contributed by atoms with Gasteiger partial charge in [-0.25, -0.2) is 4.39 Å². The van der Waals surface area contributed by atoms with Crippen molar-refractivity contribution in [3.05, 3.63) is 29.0 Å². The Kier molecular flexibility index (Phi) is 6.93. The quantitative estimate of drug-likeness (QED) is 0.730. The highest BCUT2D eigenvalue weighted by Gasteiger charge is 2.01. The Labute approximate surface area is 106 Å². The van der Waals surface area contributed by atoms with Gasteiger partial charge in [-0.15, -0.1) is 0 Å². The summed E-state index contributed by atoms with van der Waals surface area (Å²) in [6, 6.07) is 4.54. The molecule has 0 fully saturated rings. The highest BCUT2D eigenvalue weighted by molar-refractivity contribution is 6.30. The van der Waals surface area contributed by atoms with Gasteiger partial charge in [-0.3, -0.25) is 0 Å². The SMILES string of the molecule is COCCCOCCNc1ccc(Cl)cc1F. The van der Waals surface area contributed by atoms with Gasteiger partial charge in [0.1, 0.15) is 5.82 Å². The molecule has 0 heterocycles. The predicted octanol–water partition coefficient (Wildman–Crippen LogP) is 2.94. The van der Waals surface area contributed by atoms with Crippen molar-refractivity contribution in [2.75, 3.05) is 38.8 Å². The second-order valence-corrected chi connectivity index (χ2v) is 3.95. The van der Waals surface area contributed by atoms with Crippen molar-refractivity contribution in [1.82, 2.24) is 0 Å². The molecule has 96 valence electrons. The first-order chi connectivity index (χ1) is 8.24. The molecule has 0 aliphatic carbocycles. The first-order valence-electron chi connectivity index (χ1n) is 5.49. The Bertz CT molecular complexity index is 336. The number of hydrogen-bond donors (Lipinski definition) is 1. The third-order valence-electron chi connectivity index (χ3n) is 2.13. The molecule has 0 unspecified atom stereocenters. The van der Waals surface area contributed by atoms with E-state index in [2.05, 4.69) is 5.32 Å². The van der Waals surface area contributed by atoms with Gasteiger partial charge in [0.05, 0.1) is 12.3 Å². The zero-order chi connectivity index (χ0) is 12.5. The van der Waals surface area contributed by atoms with Crippen LogP contribution in [0, 0.1) is 5.82 Å². The molecule has 1 N–H and O–H groups in total. The minimum absolute atomic E-state index is 0.350. The van der Waals surface area contributed by atoms with Gasteiger partial charge >= 0.3 is 0 Å². The van der Waals surface area contributed by atoms with E-state index in [9.17, 15) is 4.39 Å². The van der Waals surface area contributed by atoms with E-state index in [0.717, 1.165) is 6.42 Å². The maximum Gasteiger partial charge on any atom is 0.147 e. The smallest absolute Gasteiger partial charge is 0.147 e. The van der Waals surface area contributed by atoms with Gasteiger partial charge in [0.2, 0.25) is 0 Å². The lowest BCUT2D eigenvalue weighted by Crippen LogP contribution is -2.11. The van der Waals surface area contributed by atoms with Crippen molar-refractivity contribution in [3.8, 4) is 0 Å². The lowest BCUT2D eigenvalue weighted by atomic mass is 10.3. The standard InChI is InChI=1S/C12H17ClFNO2/c1-16-6-2-7-17-8-5-15-12-4-3-10(13)9-11(12)14/h3-4,9,15H,2,5-8H2,1H3. The Balaban J connectivity index is 2.14. The predicted molar refractivity (Wildman–Crippen MR) is 67.2 cm³/mol. The van der Waals surface area contributed by atoms with Crippen LogP contribution in [0.25, 0.3) is 0 Å². The molecule has 0 radical (unpaired) electrons. The van der Waals surface area contributed by atoms with Crippen LogP contribution >= 0.6 is 11.6 Å². The Morgan fingerprint density at radius 1 is 1.29 bits per heavy atom. The molecule has 0 atom stereocenters. The summed E-state index contributed by atoms with van der Waals surface area (Å²) in [4.78, 5) is 0. The molecule has 0 aliphatic heterocycles. The summed E-state index contributed by atoms with van der Waals surface area (Å²) in [5.74, 6) is -0.350. The van der Waals surface area contributed by atoms with Crippen LogP contribution in [0.5, 0.6) is 0 Å². The molecule has 1 aromatic rings. The molecule has 3 nitrogen and oxygen atoms in total. The van der Waals surface area contributed by atoms with Crippen molar-refractivity contribution in [2.45, 2.75) is 6.42 Å². The molecule has 0 bridgehead atoms. The normalized spacial score (nSPS) is 10.5. The minimum Gasteiger partial charge on any atom is -0.385 e. The number of halogens is 2. The average molecular weight is 262 g/mol. The summed E-state index contributed by atoms with van der Waals surface area (Å²) in [5, 5.41) is 3.33. The Morgan fingerprint density at radius 3 is 2.82 bits per heavy atom. The van der Waals surface area contributed by atoms with Gasteiger partial charge < -0.3 is 14.8 Å². The van der Waals surface area contributed by atoms with Crippen molar-refractivity contribution < 1.29 is 13.9 Å². The fourth-order valence-electron chi connectivity index (χ4n) is 1.30. The van der Waals surface area contributed by atoms with Crippen molar-refractivity contribution in [3.63, 3.8) is 0 Å². The molecule has 17 heavy (non-hydrogen) atoms. The molecular formula is C12H17ClFNO2. The molecule has 0 spiro atoms. The van der Waals surface area contributed by atoms with E-state index >= 15 is 0 Å². The lowest BCUT2D eigenvalue weighted by molar-refractivity contribution is 0.109. The van der Waals surface area contributed by atoms with Crippen LogP contribution in [0.2, 0.25) is 5.02 Å². The second kappa shape index (κ2) is 8.28. The fourth-order valence-corrected chi connectivity index (χ4v) is 1.46. The number of benzene rings is 1. The molecule has 0 saturated carbocycles. The summed E-state index contributed by atoms with van der Waals surface area (Å²) in [6.07, 6.45) is 0.867. The zero-order valence-electron chi connectivity index (χ0n) is 9.84. The van der Waals surface area contributed by atoms with Gasteiger partial charge in [0.15, 0.2) is 0 Å². The Morgan fingerprint density at radius 2 is 2.12 bits per heavy atom. The van der Waals surface area contributed by atoms with Gasteiger partial charge in [-0.05, 0) is 24.6 Å². The summed E-state index contributed by atoms with van der Waals surface area (Å²) < 4.78 is 23.5. The molecule has 0 saturated heterocycles. The molecule has 5 heteroatoms. The van der Waals surface area contributed by atoms with E-state index in [1.54, 1.807) is 19.2 Å². The highest BCUT2D eigenvalue weighted by Crippen LogP contribution is 2.18. The number of hydrogen-bond acceptors (Lipinski definition) is 3. The van der Waals surface area contributed by atoms with E-state index in [4.69, 9.17) is 21.1 Å². The zero-order valence-corrected chi connectivity index (χ0v) is 10.6. The minimum atomic E-state index is -0.350. The van der Waals surface area contributed by atoms with E-state index in [0.29, 0.717) is 37.1 Å². The number of rotatable bonds is 8. The van der Waals surface area contributed by atoms with Crippen molar-refractivity contribution >= 4 is 17.3 Å². The Hall–Kier alpha value is -0.840. The van der Waals surface area contributed by atoms with Crippen molar-refractivity contribution in [1.29, 1.82) is 0 Å². The third-order valence-corrected chi connectivity index (χ3v) is 2.37. The average Bonchev–Trinajstić information content (AvgIpc) is 2.30. The van der Waals surface area contributed by atoms with Crippen LogP contribution in [0.1, 0.15) is 6.42 Å². The first kappa shape index (κ1) is 14.2. The lowest BCUT2D eigenvalue weighted by Gasteiger charge is -2.08. The highest BCUT2D eigenvalue weighted by atomic mass is 35.5. The van der Waals surface area contributed by atoms with E-state index < -0.39 is 0 Å². The molecular weight excluding hydrogens is 245 g/mol. The van der Waals surface area contributed by atoms with E-state index in [-0.39, 0.29) is 5.82 Å². The van der Waals surface area contributed by atoms with E-state index in [1.807, 2.05) is 0 Å². The van der Waals surface area contributed by atoms with Gasteiger partial charge in [0.25, 0.3) is 0 Å². The van der Waals surface area contributed by atoms with Crippen LogP contribution in [-0.4, -0.2) is 33.5 Å². The molecule has 0 aliphatic rings. The summed E-state index contributed by atoms with van der Waals surface area (Å²) in [6.45, 7) is 2.44. The molecule has 0 aromatic heterocycles. The van der Waals surface area contributed by atoms with Gasteiger partial charge in [0, 0.05) is 31.9 Å². The van der Waals surface area contributed by atoms with Gasteiger partial charge in [-0.1, -0.05) is 11.6 Å². The monoisotopic (exact) mass is 261 g/mol. The number of nitrogens with one attached hydrogen (secondary N) is 1. The van der Waals surface area contributed by atoms with Crippen LogP contribution in [-0.2, 0) is 9.47 Å². The van der Waals surface area contributed by atoms with E-state index in [1.165, 1.54) is 6.07 Å². The van der Waals surface area contributed by atoms with Crippen molar-refractivity contribution in [2.24, 2.45) is 0 Å². The molecule has 0 amide bonds. The maximum atomic E-state index is 13.3. The van der Waals surface area contributed by atoms with Crippen LogP contribution in [0.3, 0.4) is 0 Å². The summed E-state index contributed by atoms with van der Waals surface area (Å²) >= 11 is 5.64. The molecule has 1 rings (SSSR count). The summed E-state index contributed by atoms with van der Waals surface area (Å²) in [5.41, 5.74) is 0.440. The van der Waals surface area contributed by atoms with Crippen LogP contribution in [0.4, 0.5) is 10.1 Å². The number of ether oxygens (including phenoxy) is 2. The van der Waals surface area contributed by atoms with Crippen LogP contribution in [0.15, 0.2) is 18.2 Å². The first-order valence-corrected chi connectivity index (χ1v) is 5.87. The van der Waals surface area contributed by atoms with Crippen LogP contribution < -0.4 is 5.32 Å². The van der Waals surface area contributed by atoms with Gasteiger partial charge in [-0.2, -0.15) is 0 Å². The number of methoxy groups -OCH3 is 1. The number of anilines is 1. The molecule has 1 aromatic carbocycles. The second-order valence-electron chi connectivity index (χ2n) is 3.51. The third kappa shape index (κ3) is 5.86. The topological polar surface area (TPSA) is 30.5 Å². The largest absolute Gasteiger partial charge is 0.385 e.